The van der Waals surface area contributed by atoms with E-state index in [1.165, 1.54) is 10.6 Å². The van der Waals surface area contributed by atoms with E-state index in [9.17, 15) is 5.11 Å². The van der Waals surface area contributed by atoms with Gasteiger partial charge in [0.25, 0.3) is 0 Å². The first-order valence-corrected chi connectivity index (χ1v) is 8.23. The van der Waals surface area contributed by atoms with Gasteiger partial charge in [0.05, 0.1) is 5.69 Å². The highest BCUT2D eigenvalue weighted by Crippen LogP contribution is 2.30. The summed E-state index contributed by atoms with van der Waals surface area (Å²) >= 11 is 1.74. The molecule has 0 bridgehead atoms. The fourth-order valence-corrected chi connectivity index (χ4v) is 3.08. The van der Waals surface area contributed by atoms with Gasteiger partial charge in [-0.2, -0.15) is 0 Å². The van der Waals surface area contributed by atoms with Crippen LogP contribution in [0.4, 0.5) is 0 Å². The van der Waals surface area contributed by atoms with Gasteiger partial charge in [-0.05, 0) is 51.5 Å². The van der Waals surface area contributed by atoms with Crippen LogP contribution in [0.25, 0.3) is 10.6 Å². The molecule has 114 valence electrons. The summed E-state index contributed by atoms with van der Waals surface area (Å²) in [6.07, 6.45) is 2.11. The monoisotopic (exact) mass is 304 g/mol. The Bertz CT molecular complexity index is 582. The molecular weight excluding hydrogens is 280 g/mol. The lowest BCUT2D eigenvalue weighted by Gasteiger charge is -2.20. The summed E-state index contributed by atoms with van der Waals surface area (Å²) in [5.74, 6) is 0.290. The molecule has 0 aliphatic heterocycles. The molecule has 21 heavy (non-hydrogen) atoms. The highest BCUT2D eigenvalue weighted by atomic mass is 32.1. The van der Waals surface area contributed by atoms with Crippen LogP contribution in [0.1, 0.15) is 44.7 Å². The normalized spacial score (nSPS) is 11.8. The Balaban J connectivity index is 2.25. The van der Waals surface area contributed by atoms with E-state index in [1.807, 2.05) is 12.1 Å². The van der Waals surface area contributed by atoms with E-state index in [0.717, 1.165) is 30.0 Å². The van der Waals surface area contributed by atoms with Crippen LogP contribution in [0.5, 0.6) is 5.75 Å². The number of aryl methyl sites for hydroxylation is 1. The lowest BCUT2D eigenvalue weighted by Crippen LogP contribution is -2.35. The SMILES string of the molecule is CCCc1nc(-c2ccc(O)cc2)sc1CNC(C)(C)C. The van der Waals surface area contributed by atoms with Crippen molar-refractivity contribution in [2.45, 2.75) is 52.6 Å². The van der Waals surface area contributed by atoms with Crippen molar-refractivity contribution in [3.8, 4) is 16.3 Å². The van der Waals surface area contributed by atoms with Crippen LogP contribution < -0.4 is 5.32 Å². The number of aromatic hydroxyl groups is 1. The van der Waals surface area contributed by atoms with Gasteiger partial charge in [0.1, 0.15) is 10.8 Å². The van der Waals surface area contributed by atoms with Gasteiger partial charge < -0.3 is 10.4 Å². The molecule has 4 heteroatoms. The van der Waals surface area contributed by atoms with Crippen molar-refractivity contribution in [3.63, 3.8) is 0 Å². The van der Waals surface area contributed by atoms with Crippen molar-refractivity contribution in [2.24, 2.45) is 0 Å². The molecule has 1 aromatic carbocycles. The Hall–Kier alpha value is -1.39. The van der Waals surface area contributed by atoms with Crippen LogP contribution in [0.15, 0.2) is 24.3 Å². The standard InChI is InChI=1S/C17H24N2OS/c1-5-6-14-15(11-18-17(2,3)4)21-16(19-14)12-7-9-13(20)10-8-12/h7-10,18,20H,5-6,11H2,1-4H3. The number of nitrogens with one attached hydrogen (secondary N) is 1. The number of aromatic nitrogens is 1. The first-order chi connectivity index (χ1) is 9.89. The van der Waals surface area contributed by atoms with E-state index in [0.29, 0.717) is 5.75 Å². The molecule has 2 aromatic rings. The fourth-order valence-electron chi connectivity index (χ4n) is 2.03. The Kier molecular flexibility index (Phi) is 5.01. The molecule has 3 nitrogen and oxygen atoms in total. The predicted molar refractivity (Wildman–Crippen MR) is 89.8 cm³/mol. The zero-order chi connectivity index (χ0) is 15.5. The van der Waals surface area contributed by atoms with Gasteiger partial charge in [-0.3, -0.25) is 0 Å². The minimum Gasteiger partial charge on any atom is -0.508 e. The van der Waals surface area contributed by atoms with Crippen LogP contribution in [0.2, 0.25) is 0 Å². The average Bonchev–Trinajstić information content (AvgIpc) is 2.80. The largest absolute Gasteiger partial charge is 0.508 e. The molecule has 1 heterocycles. The molecule has 0 saturated heterocycles. The second kappa shape index (κ2) is 6.58. The molecule has 0 atom stereocenters. The Morgan fingerprint density at radius 2 is 1.86 bits per heavy atom. The number of hydrogen-bond acceptors (Lipinski definition) is 4. The lowest BCUT2D eigenvalue weighted by molar-refractivity contribution is 0.425. The quantitative estimate of drug-likeness (QED) is 0.863. The average molecular weight is 304 g/mol. The number of nitrogens with zero attached hydrogens (tertiary/aromatic N) is 1. The summed E-state index contributed by atoms with van der Waals surface area (Å²) in [6, 6.07) is 7.27. The molecule has 0 fully saturated rings. The van der Waals surface area contributed by atoms with Crippen molar-refractivity contribution in [2.75, 3.05) is 0 Å². The minimum atomic E-state index is 0.103. The number of phenolic OH excluding ortho intramolecular Hbond substituents is 1. The van der Waals surface area contributed by atoms with E-state index < -0.39 is 0 Å². The van der Waals surface area contributed by atoms with E-state index in [-0.39, 0.29) is 5.54 Å². The predicted octanol–water partition coefficient (Wildman–Crippen LogP) is 4.36. The maximum Gasteiger partial charge on any atom is 0.123 e. The van der Waals surface area contributed by atoms with Crippen molar-refractivity contribution < 1.29 is 5.11 Å². The number of benzene rings is 1. The topological polar surface area (TPSA) is 45.2 Å². The third-order valence-corrected chi connectivity index (χ3v) is 4.31. The smallest absolute Gasteiger partial charge is 0.123 e. The summed E-state index contributed by atoms with van der Waals surface area (Å²) in [5.41, 5.74) is 2.37. The number of phenols is 1. The summed E-state index contributed by atoms with van der Waals surface area (Å²) in [6.45, 7) is 9.56. The summed E-state index contributed by atoms with van der Waals surface area (Å²) < 4.78 is 0. The zero-order valence-corrected chi connectivity index (χ0v) is 14.0. The van der Waals surface area contributed by atoms with Gasteiger partial charge in [-0.15, -0.1) is 11.3 Å². The molecule has 2 N–H and O–H groups in total. The van der Waals surface area contributed by atoms with Crippen LogP contribution in [-0.4, -0.2) is 15.6 Å². The first kappa shape index (κ1) is 16.0. The van der Waals surface area contributed by atoms with Crippen molar-refractivity contribution in [3.05, 3.63) is 34.8 Å². The maximum absolute atomic E-state index is 9.39. The lowest BCUT2D eigenvalue weighted by atomic mass is 10.1. The number of rotatable bonds is 5. The second-order valence-corrected chi connectivity index (χ2v) is 7.37. The van der Waals surface area contributed by atoms with Crippen LogP contribution in [0, 0.1) is 0 Å². The Labute approximate surface area is 131 Å². The molecule has 0 aliphatic rings. The van der Waals surface area contributed by atoms with E-state index in [1.54, 1.807) is 23.5 Å². The van der Waals surface area contributed by atoms with Gasteiger partial charge in [0, 0.05) is 22.5 Å². The first-order valence-electron chi connectivity index (χ1n) is 7.42. The van der Waals surface area contributed by atoms with Crippen molar-refractivity contribution in [1.29, 1.82) is 0 Å². The molecule has 0 amide bonds. The fraction of sp³-hybridized carbons (Fsp3) is 0.471. The number of thiazole rings is 1. The maximum atomic E-state index is 9.39. The summed E-state index contributed by atoms with van der Waals surface area (Å²) in [4.78, 5) is 6.11. The zero-order valence-electron chi connectivity index (χ0n) is 13.2. The minimum absolute atomic E-state index is 0.103. The van der Waals surface area contributed by atoms with E-state index in [4.69, 9.17) is 4.98 Å². The van der Waals surface area contributed by atoms with Crippen molar-refractivity contribution >= 4 is 11.3 Å². The van der Waals surface area contributed by atoms with Crippen LogP contribution in [-0.2, 0) is 13.0 Å². The highest BCUT2D eigenvalue weighted by molar-refractivity contribution is 7.15. The third-order valence-electron chi connectivity index (χ3n) is 3.16. The molecule has 2 rings (SSSR count). The van der Waals surface area contributed by atoms with Crippen LogP contribution in [0.3, 0.4) is 0 Å². The Morgan fingerprint density at radius 1 is 1.19 bits per heavy atom. The molecule has 0 spiro atoms. The molecule has 0 unspecified atom stereocenters. The van der Waals surface area contributed by atoms with Crippen LogP contribution >= 0.6 is 11.3 Å². The molecule has 0 radical (unpaired) electrons. The highest BCUT2D eigenvalue weighted by Gasteiger charge is 2.15. The summed E-state index contributed by atoms with van der Waals surface area (Å²) in [7, 11) is 0. The van der Waals surface area contributed by atoms with Gasteiger partial charge in [-0.1, -0.05) is 13.3 Å². The van der Waals surface area contributed by atoms with Gasteiger partial charge in [0.15, 0.2) is 0 Å². The molecule has 0 aliphatic carbocycles. The summed E-state index contributed by atoms with van der Waals surface area (Å²) in [5, 5.41) is 14.0. The number of hydrogen-bond donors (Lipinski definition) is 2. The van der Waals surface area contributed by atoms with Crippen molar-refractivity contribution in [1.82, 2.24) is 10.3 Å². The van der Waals surface area contributed by atoms with E-state index >= 15 is 0 Å². The molecule has 0 saturated carbocycles. The molecule has 1 aromatic heterocycles. The van der Waals surface area contributed by atoms with E-state index in [2.05, 4.69) is 33.0 Å². The second-order valence-electron chi connectivity index (χ2n) is 6.29. The molecular formula is C17H24N2OS. The Morgan fingerprint density at radius 3 is 2.43 bits per heavy atom. The van der Waals surface area contributed by atoms with Gasteiger partial charge >= 0.3 is 0 Å². The van der Waals surface area contributed by atoms with Gasteiger partial charge in [0.2, 0.25) is 0 Å². The third kappa shape index (κ3) is 4.55. The van der Waals surface area contributed by atoms with Gasteiger partial charge in [-0.25, -0.2) is 4.98 Å².